The van der Waals surface area contributed by atoms with Gasteiger partial charge in [0.2, 0.25) is 5.88 Å². The monoisotopic (exact) mass is 261 g/mol. The minimum atomic E-state index is 0.200. The van der Waals surface area contributed by atoms with Crippen LogP contribution in [0.5, 0.6) is 17.4 Å². The van der Waals surface area contributed by atoms with E-state index in [9.17, 15) is 0 Å². The van der Waals surface area contributed by atoms with Crippen LogP contribution < -0.4 is 15.2 Å². The number of ether oxygens (including phenoxy) is 2. The highest BCUT2D eigenvalue weighted by atomic mass is 32.1. The molecule has 1 aromatic carbocycles. The molecular formula is C12H11N3O2S. The number of benzene rings is 1. The van der Waals surface area contributed by atoms with Gasteiger partial charge in [0.25, 0.3) is 0 Å². The number of aromatic nitrogens is 2. The summed E-state index contributed by atoms with van der Waals surface area (Å²) in [6, 6.07) is 7.27. The fraction of sp³-hybridized carbons (Fsp3) is 0.0833. The highest BCUT2D eigenvalue weighted by Crippen LogP contribution is 2.29. The SMILES string of the molecule is COc1ccccc1Oc1cnc(C(N)=S)cn1. The molecule has 0 saturated carbocycles. The molecule has 18 heavy (non-hydrogen) atoms. The largest absolute Gasteiger partial charge is 0.493 e. The second kappa shape index (κ2) is 5.42. The molecule has 0 aliphatic carbocycles. The second-order valence-electron chi connectivity index (χ2n) is 3.36. The molecule has 0 fully saturated rings. The number of nitrogens with two attached hydrogens (primary N) is 1. The summed E-state index contributed by atoms with van der Waals surface area (Å²) in [5.74, 6) is 1.54. The Kier molecular flexibility index (Phi) is 3.69. The van der Waals surface area contributed by atoms with E-state index in [1.54, 1.807) is 19.2 Å². The van der Waals surface area contributed by atoms with E-state index in [1.807, 2.05) is 12.1 Å². The van der Waals surface area contributed by atoms with Crippen LogP contribution in [-0.4, -0.2) is 22.1 Å². The third kappa shape index (κ3) is 2.72. The van der Waals surface area contributed by atoms with Gasteiger partial charge in [-0.25, -0.2) is 9.97 Å². The molecule has 2 N–H and O–H groups in total. The van der Waals surface area contributed by atoms with Crippen molar-refractivity contribution in [3.8, 4) is 17.4 Å². The Balaban J connectivity index is 2.21. The summed E-state index contributed by atoms with van der Waals surface area (Å²) >= 11 is 4.79. The van der Waals surface area contributed by atoms with E-state index in [2.05, 4.69) is 9.97 Å². The second-order valence-corrected chi connectivity index (χ2v) is 3.80. The molecule has 0 aliphatic rings. The fourth-order valence-electron chi connectivity index (χ4n) is 1.31. The van der Waals surface area contributed by atoms with Gasteiger partial charge in [0.1, 0.15) is 10.7 Å². The first-order chi connectivity index (χ1) is 8.70. The molecule has 0 aliphatic heterocycles. The van der Waals surface area contributed by atoms with Crippen LogP contribution in [0, 0.1) is 0 Å². The quantitative estimate of drug-likeness (QED) is 0.848. The lowest BCUT2D eigenvalue weighted by Crippen LogP contribution is -2.11. The minimum Gasteiger partial charge on any atom is -0.493 e. The van der Waals surface area contributed by atoms with E-state index >= 15 is 0 Å². The van der Waals surface area contributed by atoms with Gasteiger partial charge in [-0.3, -0.25) is 0 Å². The highest BCUT2D eigenvalue weighted by molar-refractivity contribution is 7.80. The van der Waals surface area contributed by atoms with E-state index in [4.69, 9.17) is 27.4 Å². The molecule has 5 nitrogen and oxygen atoms in total. The summed E-state index contributed by atoms with van der Waals surface area (Å²) in [5, 5.41) is 0. The lowest BCUT2D eigenvalue weighted by atomic mass is 10.3. The summed E-state index contributed by atoms with van der Waals surface area (Å²) in [6.45, 7) is 0. The molecule has 1 aromatic heterocycles. The summed E-state index contributed by atoms with van der Waals surface area (Å²) in [6.07, 6.45) is 2.92. The van der Waals surface area contributed by atoms with Crippen LogP contribution in [0.4, 0.5) is 0 Å². The van der Waals surface area contributed by atoms with E-state index in [0.29, 0.717) is 23.1 Å². The average Bonchev–Trinajstić information content (AvgIpc) is 2.40. The average molecular weight is 261 g/mol. The van der Waals surface area contributed by atoms with E-state index in [1.165, 1.54) is 12.4 Å². The van der Waals surface area contributed by atoms with Crippen molar-refractivity contribution in [2.45, 2.75) is 0 Å². The normalized spacial score (nSPS) is 9.83. The molecular weight excluding hydrogens is 250 g/mol. The van der Waals surface area contributed by atoms with Crippen LogP contribution in [0.15, 0.2) is 36.7 Å². The van der Waals surface area contributed by atoms with Crippen molar-refractivity contribution in [2.24, 2.45) is 5.73 Å². The summed E-state index contributed by atoms with van der Waals surface area (Å²) in [7, 11) is 1.57. The summed E-state index contributed by atoms with van der Waals surface area (Å²) < 4.78 is 10.7. The standard InChI is InChI=1S/C12H11N3O2S/c1-16-9-4-2-3-5-10(9)17-11-7-14-8(6-15-11)12(13)18/h2-7H,1H3,(H2,13,18). The van der Waals surface area contributed by atoms with Crippen LogP contribution in [0.3, 0.4) is 0 Å². The van der Waals surface area contributed by atoms with Crippen molar-refractivity contribution < 1.29 is 9.47 Å². The number of thiocarbonyl (C=S) groups is 1. The lowest BCUT2D eigenvalue weighted by molar-refractivity contribution is 0.373. The Morgan fingerprint density at radius 1 is 1.17 bits per heavy atom. The maximum absolute atomic E-state index is 5.55. The van der Waals surface area contributed by atoms with Gasteiger partial charge in [0.05, 0.1) is 19.5 Å². The molecule has 0 saturated heterocycles. The number of hydrogen-bond donors (Lipinski definition) is 1. The van der Waals surface area contributed by atoms with Crippen LogP contribution in [0.2, 0.25) is 0 Å². The zero-order chi connectivity index (χ0) is 13.0. The van der Waals surface area contributed by atoms with Crippen LogP contribution in [-0.2, 0) is 0 Å². The number of para-hydroxylation sites is 2. The number of methoxy groups -OCH3 is 1. The van der Waals surface area contributed by atoms with E-state index in [-0.39, 0.29) is 4.99 Å². The van der Waals surface area contributed by atoms with Crippen molar-refractivity contribution in [3.63, 3.8) is 0 Å². The Bertz CT molecular complexity index is 558. The van der Waals surface area contributed by atoms with Gasteiger partial charge in [0, 0.05) is 0 Å². The molecule has 0 atom stereocenters. The molecule has 1 heterocycles. The van der Waals surface area contributed by atoms with Crippen molar-refractivity contribution >= 4 is 17.2 Å². The molecule has 2 aromatic rings. The first kappa shape index (κ1) is 12.3. The Morgan fingerprint density at radius 3 is 2.44 bits per heavy atom. The summed E-state index contributed by atoms with van der Waals surface area (Å²) in [4.78, 5) is 8.30. The maximum atomic E-state index is 5.55. The van der Waals surface area contributed by atoms with Gasteiger partial charge in [-0.2, -0.15) is 0 Å². The summed E-state index contributed by atoms with van der Waals surface area (Å²) in [5.41, 5.74) is 5.89. The van der Waals surface area contributed by atoms with E-state index in [0.717, 1.165) is 0 Å². The topological polar surface area (TPSA) is 70.3 Å². The Hall–Kier alpha value is -2.21. The number of hydrogen-bond acceptors (Lipinski definition) is 5. The van der Waals surface area contributed by atoms with E-state index < -0.39 is 0 Å². The third-order valence-corrected chi connectivity index (χ3v) is 2.37. The molecule has 6 heteroatoms. The molecule has 0 radical (unpaired) electrons. The molecule has 0 spiro atoms. The Labute approximate surface area is 110 Å². The van der Waals surface area contributed by atoms with Crippen molar-refractivity contribution in [3.05, 3.63) is 42.4 Å². The molecule has 0 bridgehead atoms. The van der Waals surface area contributed by atoms with Gasteiger partial charge >= 0.3 is 0 Å². The van der Waals surface area contributed by atoms with Crippen molar-refractivity contribution in [2.75, 3.05) is 7.11 Å². The van der Waals surface area contributed by atoms with Crippen LogP contribution in [0.25, 0.3) is 0 Å². The number of nitrogens with zero attached hydrogens (tertiary/aromatic N) is 2. The minimum absolute atomic E-state index is 0.200. The Morgan fingerprint density at radius 2 is 1.89 bits per heavy atom. The lowest BCUT2D eigenvalue weighted by Gasteiger charge is -2.08. The zero-order valence-electron chi connectivity index (χ0n) is 9.66. The number of rotatable bonds is 4. The van der Waals surface area contributed by atoms with Crippen molar-refractivity contribution in [1.82, 2.24) is 9.97 Å². The van der Waals surface area contributed by atoms with Crippen molar-refractivity contribution in [1.29, 1.82) is 0 Å². The van der Waals surface area contributed by atoms with Gasteiger partial charge in [-0.15, -0.1) is 0 Å². The molecule has 0 amide bonds. The van der Waals surface area contributed by atoms with Gasteiger partial charge in [0.15, 0.2) is 11.5 Å². The molecule has 92 valence electrons. The first-order valence-electron chi connectivity index (χ1n) is 5.13. The molecule has 2 rings (SSSR count). The highest BCUT2D eigenvalue weighted by Gasteiger charge is 2.06. The van der Waals surface area contributed by atoms with Crippen LogP contribution in [0.1, 0.15) is 5.69 Å². The fourth-order valence-corrected chi connectivity index (χ4v) is 1.42. The predicted octanol–water partition coefficient (Wildman–Crippen LogP) is 1.91. The van der Waals surface area contributed by atoms with Gasteiger partial charge in [-0.1, -0.05) is 24.4 Å². The van der Waals surface area contributed by atoms with Gasteiger partial charge in [-0.05, 0) is 12.1 Å². The maximum Gasteiger partial charge on any atom is 0.238 e. The predicted molar refractivity (Wildman–Crippen MR) is 71.0 cm³/mol. The third-order valence-electron chi connectivity index (χ3n) is 2.16. The first-order valence-corrected chi connectivity index (χ1v) is 5.54. The van der Waals surface area contributed by atoms with Crippen LogP contribution >= 0.6 is 12.2 Å². The molecule has 0 unspecified atom stereocenters. The zero-order valence-corrected chi connectivity index (χ0v) is 10.5. The van der Waals surface area contributed by atoms with Gasteiger partial charge < -0.3 is 15.2 Å². The smallest absolute Gasteiger partial charge is 0.238 e.